The molecule has 232 valence electrons. The zero-order chi connectivity index (χ0) is 32.7. The maximum atomic E-state index is 12.1. The SMILES string of the molecule is COc1cccc(NC(=O)Nc2cc(Cl)c(C)c(Cl)c2O)c1.Cc1cccc(C)c1NC(=O)Nc1cc(Cl)c(C)c(Cl)c1O. The number of aryl methyl sites for hydroxylation is 2. The van der Waals surface area contributed by atoms with Gasteiger partial charge in [-0.15, -0.1) is 0 Å². The summed E-state index contributed by atoms with van der Waals surface area (Å²) < 4.78 is 5.07. The number of amides is 4. The number of phenols is 2. The number of halogens is 4. The van der Waals surface area contributed by atoms with E-state index in [0.29, 0.717) is 32.6 Å². The summed E-state index contributed by atoms with van der Waals surface area (Å²) in [5.74, 6) is 0.173. The van der Waals surface area contributed by atoms with E-state index in [9.17, 15) is 19.8 Å². The zero-order valence-corrected chi connectivity index (χ0v) is 27.4. The normalized spacial score (nSPS) is 10.3. The van der Waals surface area contributed by atoms with Crippen molar-refractivity contribution in [2.75, 3.05) is 28.4 Å². The highest BCUT2D eigenvalue weighted by Gasteiger charge is 2.16. The number of urea groups is 2. The van der Waals surface area contributed by atoms with Gasteiger partial charge >= 0.3 is 12.1 Å². The van der Waals surface area contributed by atoms with Crippen LogP contribution >= 0.6 is 46.4 Å². The number of para-hydroxylation sites is 1. The number of aromatic hydroxyl groups is 2. The number of nitrogens with one attached hydrogen (secondary N) is 4. The number of carbonyl (C=O) groups is 2. The predicted molar refractivity (Wildman–Crippen MR) is 180 cm³/mol. The van der Waals surface area contributed by atoms with Gasteiger partial charge in [0.05, 0.1) is 28.5 Å². The first-order valence-corrected chi connectivity index (χ1v) is 14.5. The van der Waals surface area contributed by atoms with E-state index in [1.54, 1.807) is 38.1 Å². The molecule has 0 fully saturated rings. The monoisotopic (exact) mass is 678 g/mol. The van der Waals surface area contributed by atoms with E-state index in [0.717, 1.165) is 16.8 Å². The summed E-state index contributed by atoms with van der Waals surface area (Å²) in [5.41, 5.74) is 4.54. The molecule has 4 amide bonds. The lowest BCUT2D eigenvalue weighted by Gasteiger charge is -2.14. The molecule has 0 aliphatic carbocycles. The molecular formula is C31H30Cl4N4O5. The third-order valence-corrected chi connectivity index (χ3v) is 8.10. The molecule has 4 aromatic rings. The second-order valence-corrected chi connectivity index (χ2v) is 11.1. The number of ether oxygens (including phenoxy) is 1. The number of carbonyl (C=O) groups excluding carboxylic acids is 2. The van der Waals surface area contributed by atoms with Crippen molar-refractivity contribution in [3.63, 3.8) is 0 Å². The third-order valence-electron chi connectivity index (χ3n) is 6.39. The number of methoxy groups -OCH3 is 1. The molecule has 0 spiro atoms. The Bertz CT molecular complexity index is 1700. The summed E-state index contributed by atoms with van der Waals surface area (Å²) in [5, 5.41) is 31.3. The topological polar surface area (TPSA) is 132 Å². The summed E-state index contributed by atoms with van der Waals surface area (Å²) in [4.78, 5) is 24.1. The average molecular weight is 680 g/mol. The Kier molecular flexibility index (Phi) is 11.8. The van der Waals surface area contributed by atoms with Crippen molar-refractivity contribution in [3.8, 4) is 17.2 Å². The van der Waals surface area contributed by atoms with Crippen LogP contribution < -0.4 is 26.0 Å². The van der Waals surface area contributed by atoms with Crippen LogP contribution in [0.5, 0.6) is 17.2 Å². The van der Waals surface area contributed by atoms with Crippen molar-refractivity contribution in [1.82, 2.24) is 0 Å². The fourth-order valence-electron chi connectivity index (χ4n) is 3.86. The highest BCUT2D eigenvalue weighted by molar-refractivity contribution is 6.38. The largest absolute Gasteiger partial charge is 0.504 e. The molecule has 0 aliphatic rings. The summed E-state index contributed by atoms with van der Waals surface area (Å²) in [6.07, 6.45) is 0. The third kappa shape index (κ3) is 8.54. The fourth-order valence-corrected chi connectivity index (χ4v) is 4.77. The second kappa shape index (κ2) is 15.1. The minimum Gasteiger partial charge on any atom is -0.504 e. The molecule has 0 aliphatic heterocycles. The quantitative estimate of drug-likeness (QED) is 0.117. The molecule has 0 radical (unpaired) electrons. The molecule has 0 aromatic heterocycles. The Morgan fingerprint density at radius 1 is 0.659 bits per heavy atom. The van der Waals surface area contributed by atoms with Crippen LogP contribution in [0.3, 0.4) is 0 Å². The van der Waals surface area contributed by atoms with Gasteiger partial charge in [0, 0.05) is 27.5 Å². The average Bonchev–Trinajstić information content (AvgIpc) is 2.98. The number of phenolic OH excluding ortho intramolecular Hbond substituents is 2. The number of hydrogen-bond donors (Lipinski definition) is 6. The molecule has 44 heavy (non-hydrogen) atoms. The molecule has 0 saturated carbocycles. The Morgan fingerprint density at radius 3 is 1.59 bits per heavy atom. The maximum Gasteiger partial charge on any atom is 0.323 e. The van der Waals surface area contributed by atoms with Crippen molar-refractivity contribution >= 4 is 81.2 Å². The fraction of sp³-hybridized carbons (Fsp3) is 0.161. The molecule has 0 bridgehead atoms. The number of hydrogen-bond acceptors (Lipinski definition) is 5. The lowest BCUT2D eigenvalue weighted by atomic mass is 10.1. The van der Waals surface area contributed by atoms with Crippen LogP contribution in [0.25, 0.3) is 0 Å². The van der Waals surface area contributed by atoms with E-state index < -0.39 is 12.1 Å². The summed E-state index contributed by atoms with van der Waals surface area (Å²) >= 11 is 23.9. The molecule has 0 heterocycles. The van der Waals surface area contributed by atoms with Crippen LogP contribution in [0.15, 0.2) is 54.6 Å². The number of benzene rings is 4. The van der Waals surface area contributed by atoms with Gasteiger partial charge in [-0.1, -0.05) is 70.7 Å². The van der Waals surface area contributed by atoms with Crippen LogP contribution in [-0.4, -0.2) is 29.4 Å². The lowest BCUT2D eigenvalue weighted by Crippen LogP contribution is -2.20. The first-order chi connectivity index (χ1) is 20.7. The molecule has 13 heteroatoms. The van der Waals surface area contributed by atoms with Crippen molar-refractivity contribution < 1.29 is 24.5 Å². The van der Waals surface area contributed by atoms with Crippen LogP contribution in [0.4, 0.5) is 32.3 Å². The van der Waals surface area contributed by atoms with E-state index in [2.05, 4.69) is 21.3 Å². The van der Waals surface area contributed by atoms with Crippen LogP contribution in [0.1, 0.15) is 22.3 Å². The minimum atomic E-state index is -0.542. The van der Waals surface area contributed by atoms with Gasteiger partial charge in [-0.05, 0) is 74.2 Å². The number of anilines is 4. The van der Waals surface area contributed by atoms with Gasteiger partial charge in [-0.2, -0.15) is 0 Å². The van der Waals surface area contributed by atoms with Crippen LogP contribution in [0.2, 0.25) is 20.1 Å². The van der Waals surface area contributed by atoms with E-state index in [4.69, 9.17) is 51.1 Å². The minimum absolute atomic E-state index is 0.101. The Hall–Kier alpha value is -4.02. The predicted octanol–water partition coefficient (Wildman–Crippen LogP) is 9.93. The van der Waals surface area contributed by atoms with Gasteiger partial charge in [0.25, 0.3) is 0 Å². The molecule has 9 nitrogen and oxygen atoms in total. The second-order valence-electron chi connectivity index (χ2n) is 9.54. The number of rotatable bonds is 5. The summed E-state index contributed by atoms with van der Waals surface area (Å²) in [6, 6.07) is 14.5. The molecule has 4 aromatic carbocycles. The van der Waals surface area contributed by atoms with E-state index in [-0.39, 0.29) is 32.9 Å². The van der Waals surface area contributed by atoms with E-state index in [1.807, 2.05) is 32.0 Å². The van der Waals surface area contributed by atoms with Crippen LogP contribution in [-0.2, 0) is 0 Å². The Balaban J connectivity index is 0.000000240. The van der Waals surface area contributed by atoms with E-state index >= 15 is 0 Å². The summed E-state index contributed by atoms with van der Waals surface area (Å²) in [7, 11) is 1.54. The highest BCUT2D eigenvalue weighted by atomic mass is 35.5. The lowest BCUT2D eigenvalue weighted by molar-refractivity contribution is 0.261. The molecule has 0 atom stereocenters. The molecule has 4 rings (SSSR count). The highest BCUT2D eigenvalue weighted by Crippen LogP contribution is 2.40. The molecular weight excluding hydrogens is 650 g/mol. The van der Waals surface area contributed by atoms with Gasteiger partial charge < -0.3 is 36.2 Å². The van der Waals surface area contributed by atoms with Crippen molar-refractivity contribution in [2.45, 2.75) is 27.7 Å². The Labute approximate surface area is 275 Å². The van der Waals surface area contributed by atoms with Crippen LogP contribution in [0, 0.1) is 27.7 Å². The Morgan fingerprint density at radius 2 is 1.11 bits per heavy atom. The first-order valence-electron chi connectivity index (χ1n) is 12.9. The first kappa shape index (κ1) is 34.5. The van der Waals surface area contributed by atoms with Gasteiger partial charge in [0.2, 0.25) is 0 Å². The van der Waals surface area contributed by atoms with Gasteiger partial charge in [0.15, 0.2) is 11.5 Å². The van der Waals surface area contributed by atoms with Gasteiger partial charge in [-0.3, -0.25) is 0 Å². The zero-order valence-electron chi connectivity index (χ0n) is 24.3. The van der Waals surface area contributed by atoms with Crippen molar-refractivity contribution in [1.29, 1.82) is 0 Å². The standard InChI is InChI=1S/C16H16Cl2N2O2.C15H14Cl2N2O3/c1-8-5-4-6-9(2)14(8)20-16(22)19-12-7-11(17)10(3)13(18)15(12)21;1-8-11(16)7-12(14(20)13(8)17)19-15(21)18-9-4-3-5-10(6-9)22-2/h4-7,21H,1-3H3,(H2,19,20,22);3-7,20H,1-2H3,(H2,18,19,21). The molecule has 0 unspecified atom stereocenters. The smallest absolute Gasteiger partial charge is 0.323 e. The summed E-state index contributed by atoms with van der Waals surface area (Å²) in [6.45, 7) is 7.16. The maximum absolute atomic E-state index is 12.1. The van der Waals surface area contributed by atoms with Gasteiger partial charge in [-0.25, -0.2) is 9.59 Å². The van der Waals surface area contributed by atoms with Gasteiger partial charge in [0.1, 0.15) is 5.75 Å². The van der Waals surface area contributed by atoms with Crippen molar-refractivity contribution in [2.24, 2.45) is 0 Å². The molecule has 0 saturated heterocycles. The van der Waals surface area contributed by atoms with E-state index in [1.165, 1.54) is 19.2 Å². The molecule has 6 N–H and O–H groups in total. The van der Waals surface area contributed by atoms with Crippen molar-refractivity contribution in [3.05, 3.63) is 96.9 Å².